The standard InChI is InChI=1S/C34H43N5O3/c1-25-10-11-31(38-18-14-36(3)15-19-38)24-32(25)34(42)35-26(2)27-6-4-7-28(22-27)29-8-5-9-30(23-29)39-20-16-37(17-21-39)13-12-33(40)41/h4-11,22-24,26H,12-21H2,1-3H3,(H,35,42)(H,40,41). The Morgan fingerprint density at radius 1 is 0.810 bits per heavy atom. The highest BCUT2D eigenvalue weighted by Gasteiger charge is 2.20. The number of carbonyl (C=O) groups excluding carboxylic acids is 1. The first-order valence-corrected chi connectivity index (χ1v) is 15.0. The molecule has 0 aromatic heterocycles. The first-order chi connectivity index (χ1) is 20.3. The Morgan fingerprint density at radius 2 is 1.43 bits per heavy atom. The Balaban J connectivity index is 1.24. The minimum Gasteiger partial charge on any atom is -0.481 e. The van der Waals surface area contributed by atoms with E-state index in [0.29, 0.717) is 6.54 Å². The van der Waals surface area contributed by atoms with Crippen molar-refractivity contribution < 1.29 is 14.7 Å². The number of carboxylic acid groups (broad SMARTS) is 1. The third-order valence-electron chi connectivity index (χ3n) is 8.63. The zero-order chi connectivity index (χ0) is 29.6. The molecule has 222 valence electrons. The van der Waals surface area contributed by atoms with Gasteiger partial charge in [-0.25, -0.2) is 0 Å². The van der Waals surface area contributed by atoms with Crippen LogP contribution in [0.5, 0.6) is 0 Å². The lowest BCUT2D eigenvalue weighted by molar-refractivity contribution is -0.137. The highest BCUT2D eigenvalue weighted by atomic mass is 16.4. The van der Waals surface area contributed by atoms with Gasteiger partial charge in [-0.15, -0.1) is 0 Å². The van der Waals surface area contributed by atoms with Crippen molar-refractivity contribution in [2.24, 2.45) is 0 Å². The number of carbonyl (C=O) groups is 2. The average Bonchev–Trinajstić information content (AvgIpc) is 3.01. The number of amides is 1. The normalized spacial score (nSPS) is 17.2. The lowest BCUT2D eigenvalue weighted by Crippen LogP contribution is -2.46. The van der Waals surface area contributed by atoms with Crippen molar-refractivity contribution in [3.05, 3.63) is 83.4 Å². The number of anilines is 2. The molecular weight excluding hydrogens is 526 g/mol. The van der Waals surface area contributed by atoms with Gasteiger partial charge in [-0.2, -0.15) is 0 Å². The molecule has 0 bridgehead atoms. The molecule has 1 unspecified atom stereocenters. The second-order valence-electron chi connectivity index (χ2n) is 11.6. The molecule has 8 nitrogen and oxygen atoms in total. The molecule has 5 rings (SSSR count). The topological polar surface area (TPSA) is 79.4 Å². The summed E-state index contributed by atoms with van der Waals surface area (Å²) in [4.78, 5) is 33.6. The Hall–Kier alpha value is -3.88. The highest BCUT2D eigenvalue weighted by molar-refractivity contribution is 5.97. The number of aryl methyl sites for hydroxylation is 1. The summed E-state index contributed by atoms with van der Waals surface area (Å²) in [6, 6.07) is 23.1. The van der Waals surface area contributed by atoms with Gasteiger partial charge in [0.15, 0.2) is 0 Å². The van der Waals surface area contributed by atoms with E-state index in [9.17, 15) is 9.59 Å². The lowest BCUT2D eigenvalue weighted by Gasteiger charge is -2.36. The molecule has 42 heavy (non-hydrogen) atoms. The van der Waals surface area contributed by atoms with Crippen LogP contribution in [0.1, 0.15) is 40.9 Å². The first kappa shape index (κ1) is 29.6. The molecule has 2 saturated heterocycles. The summed E-state index contributed by atoms with van der Waals surface area (Å²) in [5, 5.41) is 12.2. The van der Waals surface area contributed by atoms with E-state index in [-0.39, 0.29) is 18.4 Å². The number of nitrogens with zero attached hydrogens (tertiary/aromatic N) is 4. The lowest BCUT2D eigenvalue weighted by atomic mass is 9.99. The van der Waals surface area contributed by atoms with Crippen LogP contribution in [0.25, 0.3) is 11.1 Å². The molecule has 2 aliphatic rings. The maximum Gasteiger partial charge on any atom is 0.304 e. The average molecular weight is 570 g/mol. The van der Waals surface area contributed by atoms with E-state index in [0.717, 1.165) is 85.9 Å². The van der Waals surface area contributed by atoms with Gasteiger partial charge in [0.25, 0.3) is 5.91 Å². The molecule has 3 aromatic carbocycles. The van der Waals surface area contributed by atoms with Crippen LogP contribution >= 0.6 is 0 Å². The van der Waals surface area contributed by atoms with E-state index < -0.39 is 5.97 Å². The quantitative estimate of drug-likeness (QED) is 0.393. The second-order valence-corrected chi connectivity index (χ2v) is 11.6. The fourth-order valence-electron chi connectivity index (χ4n) is 5.83. The van der Waals surface area contributed by atoms with Crippen molar-refractivity contribution in [3.8, 4) is 11.1 Å². The molecule has 3 aromatic rings. The molecule has 0 saturated carbocycles. The zero-order valence-electron chi connectivity index (χ0n) is 25.1. The Morgan fingerprint density at radius 3 is 2.12 bits per heavy atom. The number of benzene rings is 3. The van der Waals surface area contributed by atoms with Gasteiger partial charge in [0.1, 0.15) is 0 Å². The van der Waals surface area contributed by atoms with E-state index >= 15 is 0 Å². The molecule has 2 fully saturated rings. The molecule has 0 radical (unpaired) electrons. The number of rotatable bonds is 9. The van der Waals surface area contributed by atoms with E-state index in [1.54, 1.807) is 0 Å². The largest absolute Gasteiger partial charge is 0.481 e. The van der Waals surface area contributed by atoms with Crippen molar-refractivity contribution in [2.75, 3.05) is 75.8 Å². The Bertz CT molecular complexity index is 1390. The van der Waals surface area contributed by atoms with Crippen molar-refractivity contribution in [3.63, 3.8) is 0 Å². The van der Waals surface area contributed by atoms with E-state index in [1.165, 1.54) is 5.69 Å². The summed E-state index contributed by atoms with van der Waals surface area (Å²) >= 11 is 0. The van der Waals surface area contributed by atoms with Crippen LogP contribution in [0.4, 0.5) is 11.4 Å². The second kappa shape index (κ2) is 13.4. The van der Waals surface area contributed by atoms with Crippen LogP contribution in [0.15, 0.2) is 66.7 Å². The molecule has 1 atom stereocenters. The summed E-state index contributed by atoms with van der Waals surface area (Å²) in [6.45, 7) is 12.1. The Labute approximate surface area is 249 Å². The SMILES string of the molecule is Cc1ccc(N2CCN(C)CC2)cc1C(=O)NC(C)c1cccc(-c2cccc(N3CCN(CCC(=O)O)CC3)c2)c1. The van der Waals surface area contributed by atoms with Gasteiger partial charge in [0, 0.05) is 75.8 Å². The number of piperazine rings is 2. The van der Waals surface area contributed by atoms with Crippen molar-refractivity contribution in [1.82, 2.24) is 15.1 Å². The molecule has 0 spiro atoms. The predicted molar refractivity (Wildman–Crippen MR) is 170 cm³/mol. The van der Waals surface area contributed by atoms with Crippen LogP contribution in [0.2, 0.25) is 0 Å². The molecule has 2 aliphatic heterocycles. The number of hydrogen-bond donors (Lipinski definition) is 2. The molecule has 8 heteroatoms. The third-order valence-corrected chi connectivity index (χ3v) is 8.63. The van der Waals surface area contributed by atoms with Crippen LogP contribution in [-0.2, 0) is 4.79 Å². The summed E-state index contributed by atoms with van der Waals surface area (Å²) in [5.74, 6) is -0.794. The summed E-state index contributed by atoms with van der Waals surface area (Å²) in [5.41, 5.74) is 7.30. The molecule has 2 heterocycles. The minimum absolute atomic E-state index is 0.0501. The van der Waals surface area contributed by atoms with Gasteiger partial charge >= 0.3 is 5.97 Å². The summed E-state index contributed by atoms with van der Waals surface area (Å²) in [6.07, 6.45) is 0.188. The van der Waals surface area contributed by atoms with Gasteiger partial charge in [0.05, 0.1) is 12.5 Å². The van der Waals surface area contributed by atoms with Gasteiger partial charge in [-0.05, 0) is 73.5 Å². The molecule has 0 aliphatic carbocycles. The van der Waals surface area contributed by atoms with Crippen LogP contribution in [-0.4, -0.2) is 92.7 Å². The van der Waals surface area contributed by atoms with Gasteiger partial charge in [-0.3, -0.25) is 14.5 Å². The number of likely N-dealkylation sites (N-methyl/N-ethyl adjacent to an activating group) is 1. The van der Waals surface area contributed by atoms with Gasteiger partial charge in [0.2, 0.25) is 0 Å². The third kappa shape index (κ3) is 7.30. The predicted octanol–water partition coefficient (Wildman–Crippen LogP) is 4.50. The molecule has 1 amide bonds. The maximum absolute atomic E-state index is 13.4. The summed E-state index contributed by atoms with van der Waals surface area (Å²) < 4.78 is 0. The van der Waals surface area contributed by atoms with E-state index in [4.69, 9.17) is 5.11 Å². The zero-order valence-corrected chi connectivity index (χ0v) is 25.1. The van der Waals surface area contributed by atoms with Crippen molar-refractivity contribution >= 4 is 23.3 Å². The fraction of sp³-hybridized carbons (Fsp3) is 0.412. The van der Waals surface area contributed by atoms with Gasteiger partial charge < -0.3 is 25.1 Å². The van der Waals surface area contributed by atoms with Gasteiger partial charge in [-0.1, -0.05) is 36.4 Å². The smallest absolute Gasteiger partial charge is 0.304 e. The van der Waals surface area contributed by atoms with Crippen LogP contribution < -0.4 is 15.1 Å². The molecular formula is C34H43N5O3. The summed E-state index contributed by atoms with van der Waals surface area (Å²) in [7, 11) is 2.15. The van der Waals surface area contributed by atoms with E-state index in [1.807, 2.05) is 19.9 Å². The maximum atomic E-state index is 13.4. The van der Waals surface area contributed by atoms with Crippen molar-refractivity contribution in [2.45, 2.75) is 26.3 Å². The number of carboxylic acids is 1. The monoisotopic (exact) mass is 569 g/mol. The molecule has 2 N–H and O–H groups in total. The highest BCUT2D eigenvalue weighted by Crippen LogP contribution is 2.28. The van der Waals surface area contributed by atoms with Crippen LogP contribution in [0, 0.1) is 6.92 Å². The Kier molecular flexibility index (Phi) is 9.45. The van der Waals surface area contributed by atoms with Crippen LogP contribution in [0.3, 0.4) is 0 Å². The minimum atomic E-state index is -0.744. The number of hydrogen-bond acceptors (Lipinski definition) is 6. The first-order valence-electron chi connectivity index (χ1n) is 15.0. The van der Waals surface area contributed by atoms with E-state index in [2.05, 4.69) is 92.6 Å². The number of aliphatic carboxylic acids is 1. The van der Waals surface area contributed by atoms with Crippen molar-refractivity contribution in [1.29, 1.82) is 0 Å². The fourth-order valence-corrected chi connectivity index (χ4v) is 5.83. The number of nitrogens with one attached hydrogen (secondary N) is 1.